The van der Waals surface area contributed by atoms with Gasteiger partial charge >= 0.3 is 0 Å². The van der Waals surface area contributed by atoms with Gasteiger partial charge in [-0.1, -0.05) is 26.0 Å². The van der Waals surface area contributed by atoms with E-state index < -0.39 is 15.9 Å². The van der Waals surface area contributed by atoms with Gasteiger partial charge in [-0.3, -0.25) is 9.59 Å². The van der Waals surface area contributed by atoms with Crippen LogP contribution in [0.1, 0.15) is 20.3 Å². The molecule has 1 saturated heterocycles. The molecular formula is C22H27N3O5S. The van der Waals surface area contributed by atoms with Crippen LogP contribution in [0.4, 0.5) is 11.4 Å². The molecule has 1 heterocycles. The fourth-order valence-corrected chi connectivity index (χ4v) is 5.11. The lowest BCUT2D eigenvalue weighted by atomic mass is 10.1. The van der Waals surface area contributed by atoms with E-state index in [0.29, 0.717) is 30.2 Å². The van der Waals surface area contributed by atoms with E-state index in [4.69, 9.17) is 4.74 Å². The summed E-state index contributed by atoms with van der Waals surface area (Å²) in [5.74, 6) is -0.381. The van der Waals surface area contributed by atoms with E-state index in [9.17, 15) is 18.0 Å². The van der Waals surface area contributed by atoms with Gasteiger partial charge in [-0.2, -0.15) is 4.31 Å². The Labute approximate surface area is 182 Å². The number of nitrogens with one attached hydrogen (secondary N) is 1. The van der Waals surface area contributed by atoms with Crippen molar-refractivity contribution in [1.82, 2.24) is 4.31 Å². The Bertz CT molecular complexity index is 1070. The molecular weight excluding hydrogens is 418 g/mol. The van der Waals surface area contributed by atoms with Gasteiger partial charge in [-0.15, -0.1) is 0 Å². The number of rotatable bonds is 8. The Morgan fingerprint density at radius 1 is 1.16 bits per heavy atom. The average molecular weight is 446 g/mol. The van der Waals surface area contributed by atoms with Crippen LogP contribution in [-0.2, 0) is 19.6 Å². The minimum absolute atomic E-state index is 0.0838. The molecule has 166 valence electrons. The summed E-state index contributed by atoms with van der Waals surface area (Å²) in [5.41, 5.74) is 1.05. The Hall–Kier alpha value is -2.91. The van der Waals surface area contributed by atoms with Crippen LogP contribution < -0.4 is 15.0 Å². The van der Waals surface area contributed by atoms with Gasteiger partial charge in [0.15, 0.2) is 0 Å². The standard InChI is InChI=1S/C22H27N3O5S/c1-4-24(5-2)31(28,29)20-11-6-8-17(13-20)23-22(27)16-12-21(26)25(15-16)18-9-7-10-19(14-18)30-3/h6-11,13-14,16H,4-5,12,15H2,1-3H3,(H,23,27). The maximum absolute atomic E-state index is 12.8. The molecule has 0 aliphatic carbocycles. The molecule has 0 spiro atoms. The number of nitrogens with zero attached hydrogens (tertiary/aromatic N) is 2. The minimum atomic E-state index is -3.63. The topological polar surface area (TPSA) is 96.0 Å². The highest BCUT2D eigenvalue weighted by Crippen LogP contribution is 2.29. The van der Waals surface area contributed by atoms with Crippen molar-refractivity contribution in [2.45, 2.75) is 25.2 Å². The second kappa shape index (κ2) is 9.49. The number of hydrogen-bond donors (Lipinski definition) is 1. The lowest BCUT2D eigenvalue weighted by molar-refractivity contribution is -0.122. The van der Waals surface area contributed by atoms with Gasteiger partial charge in [0, 0.05) is 43.5 Å². The summed E-state index contributed by atoms with van der Waals surface area (Å²) in [4.78, 5) is 27.0. The summed E-state index contributed by atoms with van der Waals surface area (Å²) < 4.78 is 32.0. The van der Waals surface area contributed by atoms with Crippen LogP contribution in [0.15, 0.2) is 53.4 Å². The van der Waals surface area contributed by atoms with E-state index >= 15 is 0 Å². The van der Waals surface area contributed by atoms with Crippen LogP contribution in [0.2, 0.25) is 0 Å². The van der Waals surface area contributed by atoms with Crippen molar-refractivity contribution in [3.8, 4) is 5.75 Å². The normalized spacial score (nSPS) is 16.6. The van der Waals surface area contributed by atoms with Crippen molar-refractivity contribution in [2.75, 3.05) is 37.0 Å². The molecule has 1 aliphatic heterocycles. The van der Waals surface area contributed by atoms with Gasteiger partial charge in [0.25, 0.3) is 0 Å². The van der Waals surface area contributed by atoms with E-state index in [2.05, 4.69) is 5.32 Å². The maximum atomic E-state index is 12.8. The monoisotopic (exact) mass is 445 g/mol. The van der Waals surface area contributed by atoms with Crippen LogP contribution in [0.25, 0.3) is 0 Å². The van der Waals surface area contributed by atoms with E-state index in [1.54, 1.807) is 62.3 Å². The molecule has 1 aliphatic rings. The third-order valence-corrected chi connectivity index (χ3v) is 7.35. The zero-order valence-electron chi connectivity index (χ0n) is 17.9. The number of methoxy groups -OCH3 is 1. The summed E-state index contributed by atoms with van der Waals surface area (Å²) in [7, 11) is -2.08. The maximum Gasteiger partial charge on any atom is 0.243 e. The summed E-state index contributed by atoms with van der Waals surface area (Å²) >= 11 is 0. The molecule has 31 heavy (non-hydrogen) atoms. The molecule has 2 aromatic carbocycles. The Kier molecular flexibility index (Phi) is 6.97. The summed E-state index contributed by atoms with van der Waals surface area (Å²) in [6.45, 7) is 4.52. The van der Waals surface area contributed by atoms with Crippen molar-refractivity contribution < 1.29 is 22.7 Å². The van der Waals surface area contributed by atoms with Crippen molar-refractivity contribution in [3.05, 3.63) is 48.5 Å². The van der Waals surface area contributed by atoms with E-state index in [1.807, 2.05) is 0 Å². The molecule has 1 unspecified atom stereocenters. The first-order valence-corrected chi connectivity index (χ1v) is 11.6. The zero-order valence-corrected chi connectivity index (χ0v) is 18.7. The number of ether oxygens (including phenoxy) is 1. The fourth-order valence-electron chi connectivity index (χ4n) is 3.60. The van der Waals surface area contributed by atoms with Crippen molar-refractivity contribution in [3.63, 3.8) is 0 Å². The van der Waals surface area contributed by atoms with Crippen molar-refractivity contribution >= 4 is 33.2 Å². The quantitative estimate of drug-likeness (QED) is 0.674. The molecule has 0 saturated carbocycles. The number of anilines is 2. The Balaban J connectivity index is 1.73. The predicted molar refractivity (Wildman–Crippen MR) is 119 cm³/mol. The van der Waals surface area contributed by atoms with Crippen LogP contribution in [0.3, 0.4) is 0 Å². The first kappa shape index (κ1) is 22.8. The molecule has 0 bridgehead atoms. The molecule has 1 fully saturated rings. The highest BCUT2D eigenvalue weighted by atomic mass is 32.2. The van der Waals surface area contributed by atoms with Crippen LogP contribution in [-0.4, -0.2) is 51.3 Å². The average Bonchev–Trinajstić information content (AvgIpc) is 3.16. The summed E-state index contributed by atoms with van der Waals surface area (Å²) in [6, 6.07) is 13.3. The van der Waals surface area contributed by atoms with Crippen molar-refractivity contribution in [2.24, 2.45) is 5.92 Å². The van der Waals surface area contributed by atoms with Crippen LogP contribution in [0, 0.1) is 5.92 Å². The number of hydrogen-bond acceptors (Lipinski definition) is 5. The van der Waals surface area contributed by atoms with E-state index in [0.717, 1.165) is 0 Å². The molecule has 3 rings (SSSR count). The van der Waals surface area contributed by atoms with Gasteiger partial charge < -0.3 is 15.0 Å². The molecule has 0 radical (unpaired) electrons. The molecule has 0 aromatic heterocycles. The lowest BCUT2D eigenvalue weighted by Gasteiger charge is -2.19. The molecule has 1 atom stereocenters. The first-order chi connectivity index (χ1) is 14.8. The van der Waals surface area contributed by atoms with E-state index in [-0.39, 0.29) is 29.7 Å². The first-order valence-electron chi connectivity index (χ1n) is 10.2. The Morgan fingerprint density at radius 2 is 1.87 bits per heavy atom. The number of carbonyl (C=O) groups is 2. The van der Waals surface area contributed by atoms with E-state index in [1.165, 1.54) is 16.4 Å². The molecule has 1 N–H and O–H groups in total. The highest BCUT2D eigenvalue weighted by Gasteiger charge is 2.35. The van der Waals surface area contributed by atoms with Crippen LogP contribution >= 0.6 is 0 Å². The lowest BCUT2D eigenvalue weighted by Crippen LogP contribution is -2.31. The van der Waals surface area contributed by atoms with Gasteiger partial charge in [0.05, 0.1) is 17.9 Å². The van der Waals surface area contributed by atoms with Crippen LogP contribution in [0.5, 0.6) is 5.75 Å². The van der Waals surface area contributed by atoms with Gasteiger partial charge in [-0.25, -0.2) is 8.42 Å². The fraction of sp³-hybridized carbons (Fsp3) is 0.364. The summed E-state index contributed by atoms with van der Waals surface area (Å²) in [5, 5.41) is 2.76. The molecule has 2 aromatic rings. The molecule has 8 nitrogen and oxygen atoms in total. The smallest absolute Gasteiger partial charge is 0.243 e. The van der Waals surface area contributed by atoms with Gasteiger partial charge in [0.1, 0.15) is 5.75 Å². The van der Waals surface area contributed by atoms with Gasteiger partial charge in [0.2, 0.25) is 21.8 Å². The SMILES string of the molecule is CCN(CC)S(=O)(=O)c1cccc(NC(=O)C2CC(=O)N(c3cccc(OC)c3)C2)c1. The van der Waals surface area contributed by atoms with Crippen molar-refractivity contribution in [1.29, 1.82) is 0 Å². The van der Waals surface area contributed by atoms with Gasteiger partial charge in [-0.05, 0) is 30.3 Å². The summed E-state index contributed by atoms with van der Waals surface area (Å²) in [6.07, 6.45) is 0.0838. The minimum Gasteiger partial charge on any atom is -0.497 e. The largest absolute Gasteiger partial charge is 0.497 e. The molecule has 2 amide bonds. The number of amides is 2. The number of benzene rings is 2. The third kappa shape index (κ3) is 4.88. The highest BCUT2D eigenvalue weighted by molar-refractivity contribution is 7.89. The zero-order chi connectivity index (χ0) is 22.6. The predicted octanol–water partition coefficient (Wildman–Crippen LogP) is 2.72. The second-order valence-electron chi connectivity index (χ2n) is 7.21. The third-order valence-electron chi connectivity index (χ3n) is 5.31. The second-order valence-corrected chi connectivity index (χ2v) is 9.15. The number of sulfonamides is 1. The molecule has 9 heteroatoms. The number of carbonyl (C=O) groups excluding carboxylic acids is 2. The Morgan fingerprint density at radius 3 is 2.55 bits per heavy atom.